The molecule has 0 aromatic carbocycles. The smallest absolute Gasteiger partial charge is 0.192 e. The van der Waals surface area contributed by atoms with E-state index in [0.717, 1.165) is 0 Å². The number of aliphatic hydroxyl groups excluding tert-OH is 2. The van der Waals surface area contributed by atoms with E-state index < -0.39 is 53.0 Å². The SMILES string of the molecule is C[C@]12CC(O)C3(F)[C@@H](C[C@@H](F)C4=CC(=O)C(Br)=C[C@@]43C)[C@@H]1CC[C@@H]2C(=O)CO. The van der Waals surface area contributed by atoms with Crippen molar-refractivity contribution in [2.45, 2.75) is 57.5 Å². The van der Waals surface area contributed by atoms with E-state index in [2.05, 4.69) is 15.9 Å². The van der Waals surface area contributed by atoms with Crippen molar-refractivity contribution in [1.82, 2.24) is 0 Å². The third-order valence-corrected chi connectivity index (χ3v) is 8.85. The largest absolute Gasteiger partial charge is 0.390 e. The van der Waals surface area contributed by atoms with E-state index in [0.29, 0.717) is 12.8 Å². The van der Waals surface area contributed by atoms with Crippen LogP contribution in [0.1, 0.15) is 39.5 Å². The molecule has 0 aliphatic heterocycles. The van der Waals surface area contributed by atoms with Crippen molar-refractivity contribution in [3.05, 3.63) is 22.2 Å². The van der Waals surface area contributed by atoms with E-state index in [1.807, 2.05) is 6.92 Å². The maximum atomic E-state index is 16.9. The number of hydrogen-bond donors (Lipinski definition) is 2. The zero-order valence-corrected chi connectivity index (χ0v) is 17.5. The molecule has 7 heteroatoms. The molecule has 0 amide bonds. The quantitative estimate of drug-likeness (QED) is 0.666. The Morgan fingerprint density at radius 1 is 1.32 bits per heavy atom. The summed E-state index contributed by atoms with van der Waals surface area (Å²) in [7, 11) is 0. The summed E-state index contributed by atoms with van der Waals surface area (Å²) in [6.45, 7) is 2.84. The Morgan fingerprint density at radius 3 is 2.64 bits per heavy atom. The van der Waals surface area contributed by atoms with E-state index in [4.69, 9.17) is 0 Å². The highest BCUT2D eigenvalue weighted by molar-refractivity contribution is 9.12. The van der Waals surface area contributed by atoms with Crippen LogP contribution in [-0.4, -0.2) is 46.3 Å². The summed E-state index contributed by atoms with van der Waals surface area (Å²) in [6, 6.07) is 0. The molecule has 0 spiro atoms. The number of hydrogen-bond acceptors (Lipinski definition) is 4. The molecule has 3 saturated carbocycles. The Morgan fingerprint density at radius 2 is 2.00 bits per heavy atom. The molecule has 154 valence electrons. The molecule has 0 bridgehead atoms. The van der Waals surface area contributed by atoms with Crippen LogP contribution >= 0.6 is 15.9 Å². The molecule has 0 heterocycles. The lowest BCUT2D eigenvalue weighted by molar-refractivity contribution is -0.202. The van der Waals surface area contributed by atoms with Crippen molar-refractivity contribution in [2.75, 3.05) is 6.61 Å². The van der Waals surface area contributed by atoms with Gasteiger partial charge in [0.15, 0.2) is 17.2 Å². The van der Waals surface area contributed by atoms with Gasteiger partial charge in [-0.05, 0) is 71.5 Å². The summed E-state index contributed by atoms with van der Waals surface area (Å²) in [6.07, 6.45) is 0.711. The number of Topliss-reactive ketones (excluding diaryl/α,β-unsaturated/α-hetero) is 1. The first-order valence-electron chi connectivity index (χ1n) is 9.80. The van der Waals surface area contributed by atoms with Crippen molar-refractivity contribution in [3.8, 4) is 0 Å². The summed E-state index contributed by atoms with van der Waals surface area (Å²) in [4.78, 5) is 24.4. The normalized spacial score (nSPS) is 50.2. The molecule has 4 rings (SSSR count). The predicted octanol–water partition coefficient (Wildman–Crippen LogP) is 3.21. The molecule has 4 nitrogen and oxygen atoms in total. The highest BCUT2D eigenvalue weighted by Crippen LogP contribution is 2.69. The number of aliphatic hydroxyl groups is 2. The first kappa shape index (κ1) is 20.4. The first-order valence-corrected chi connectivity index (χ1v) is 10.6. The van der Waals surface area contributed by atoms with Crippen LogP contribution in [0, 0.1) is 28.6 Å². The summed E-state index contributed by atoms with van der Waals surface area (Å²) in [5.41, 5.74) is -4.17. The fourth-order valence-electron chi connectivity index (χ4n) is 6.90. The zero-order chi connectivity index (χ0) is 20.6. The number of fused-ring (bicyclic) bond motifs is 5. The van der Waals surface area contributed by atoms with Gasteiger partial charge in [-0.1, -0.05) is 13.0 Å². The molecular formula is C21H25BrF2O4. The predicted molar refractivity (Wildman–Crippen MR) is 102 cm³/mol. The minimum atomic E-state index is -2.14. The summed E-state index contributed by atoms with van der Waals surface area (Å²) in [5.74, 6) is -2.21. The van der Waals surface area contributed by atoms with Gasteiger partial charge in [0.1, 0.15) is 12.8 Å². The number of halogens is 3. The van der Waals surface area contributed by atoms with Crippen LogP contribution in [0.5, 0.6) is 0 Å². The fourth-order valence-corrected chi connectivity index (χ4v) is 7.47. The molecule has 3 fully saturated rings. The lowest BCUT2D eigenvalue weighted by Crippen LogP contribution is -2.68. The summed E-state index contributed by atoms with van der Waals surface area (Å²) >= 11 is 3.16. The molecular weight excluding hydrogens is 434 g/mol. The second-order valence-corrected chi connectivity index (χ2v) is 10.2. The minimum absolute atomic E-state index is 0.0697. The van der Waals surface area contributed by atoms with Crippen molar-refractivity contribution in [3.63, 3.8) is 0 Å². The van der Waals surface area contributed by atoms with Gasteiger partial charge in [-0.2, -0.15) is 0 Å². The van der Waals surface area contributed by atoms with Crippen LogP contribution in [0.15, 0.2) is 22.2 Å². The molecule has 4 aliphatic carbocycles. The number of rotatable bonds is 2. The summed E-state index contributed by atoms with van der Waals surface area (Å²) in [5, 5.41) is 20.4. The van der Waals surface area contributed by atoms with Gasteiger partial charge >= 0.3 is 0 Å². The van der Waals surface area contributed by atoms with E-state index in [1.54, 1.807) is 6.92 Å². The molecule has 2 N–H and O–H groups in total. The molecule has 8 atom stereocenters. The third kappa shape index (κ3) is 2.33. The van der Waals surface area contributed by atoms with Crippen molar-refractivity contribution < 1.29 is 28.6 Å². The van der Waals surface area contributed by atoms with E-state index in [9.17, 15) is 19.8 Å². The highest BCUT2D eigenvalue weighted by Gasteiger charge is 2.72. The number of ketones is 2. The second-order valence-electron chi connectivity index (χ2n) is 9.32. The molecule has 0 saturated heterocycles. The van der Waals surface area contributed by atoms with Gasteiger partial charge in [0.2, 0.25) is 0 Å². The van der Waals surface area contributed by atoms with Gasteiger partial charge in [-0.25, -0.2) is 8.78 Å². The number of allylic oxidation sites excluding steroid dienone is 4. The topological polar surface area (TPSA) is 74.6 Å². The van der Waals surface area contributed by atoms with Crippen LogP contribution in [0.25, 0.3) is 0 Å². The average molecular weight is 459 g/mol. The van der Waals surface area contributed by atoms with Gasteiger partial charge in [-0.3, -0.25) is 9.59 Å². The van der Waals surface area contributed by atoms with E-state index >= 15 is 8.78 Å². The standard InChI is InChI=1S/C21H25BrF2O4/c1-19-8-18(28)21(24)12(10(19)3-4-11(19)17(27)9-25)5-15(23)13-6-16(26)14(22)7-20(13,21)2/h6-7,10-12,15,18,25,28H,3-5,8-9H2,1-2H3/t10-,11+,12-,15+,18?,19-,20-,21?/m0/s1. The van der Waals surface area contributed by atoms with Gasteiger partial charge < -0.3 is 10.2 Å². The van der Waals surface area contributed by atoms with Crippen LogP contribution in [0.4, 0.5) is 8.78 Å². The van der Waals surface area contributed by atoms with Crippen LogP contribution in [0.2, 0.25) is 0 Å². The van der Waals surface area contributed by atoms with E-state index in [1.165, 1.54) is 12.2 Å². The molecule has 0 aromatic heterocycles. The van der Waals surface area contributed by atoms with Gasteiger partial charge in [0.25, 0.3) is 0 Å². The second kappa shape index (κ2) is 6.29. The Bertz CT molecular complexity index is 810. The fraction of sp³-hybridized carbons (Fsp3) is 0.714. The minimum Gasteiger partial charge on any atom is -0.390 e. The lowest BCUT2D eigenvalue weighted by atomic mass is 9.45. The van der Waals surface area contributed by atoms with Gasteiger partial charge in [0.05, 0.1) is 10.6 Å². The third-order valence-electron chi connectivity index (χ3n) is 8.23. The molecule has 28 heavy (non-hydrogen) atoms. The molecule has 2 unspecified atom stereocenters. The number of alkyl halides is 2. The monoisotopic (exact) mass is 458 g/mol. The van der Waals surface area contributed by atoms with Crippen molar-refractivity contribution in [2.24, 2.45) is 28.6 Å². The molecule has 0 aromatic rings. The van der Waals surface area contributed by atoms with Gasteiger partial charge in [0, 0.05) is 17.3 Å². The summed E-state index contributed by atoms with van der Waals surface area (Å²) < 4.78 is 32.2. The lowest BCUT2D eigenvalue weighted by Gasteiger charge is -2.62. The van der Waals surface area contributed by atoms with E-state index in [-0.39, 0.29) is 34.6 Å². The molecule has 4 aliphatic rings. The first-order chi connectivity index (χ1) is 13.0. The number of carbonyl (C=O) groups excluding carboxylic acids is 2. The average Bonchev–Trinajstić information content (AvgIpc) is 2.96. The van der Waals surface area contributed by atoms with Gasteiger partial charge in [-0.15, -0.1) is 0 Å². The highest BCUT2D eigenvalue weighted by atomic mass is 79.9. The van der Waals surface area contributed by atoms with Crippen LogP contribution < -0.4 is 0 Å². The Balaban J connectivity index is 1.83. The maximum Gasteiger partial charge on any atom is 0.192 e. The molecule has 0 radical (unpaired) electrons. The van der Waals surface area contributed by atoms with Crippen LogP contribution in [0.3, 0.4) is 0 Å². The Kier molecular flexibility index (Phi) is 4.57. The zero-order valence-electron chi connectivity index (χ0n) is 15.9. The van der Waals surface area contributed by atoms with Crippen molar-refractivity contribution in [1.29, 1.82) is 0 Å². The van der Waals surface area contributed by atoms with Crippen LogP contribution in [-0.2, 0) is 9.59 Å². The Hall–Kier alpha value is -0.920. The maximum absolute atomic E-state index is 16.9. The Labute approximate surface area is 171 Å². The number of carbonyl (C=O) groups is 2. The van der Waals surface area contributed by atoms with Crippen molar-refractivity contribution >= 4 is 27.5 Å².